The van der Waals surface area contributed by atoms with Gasteiger partial charge >= 0.3 is 17.8 Å². The summed E-state index contributed by atoms with van der Waals surface area (Å²) in [6.07, 6.45) is 1.45. The number of methoxy groups -OCH3 is 1. The maximum atomic E-state index is 10.3. The van der Waals surface area contributed by atoms with Crippen molar-refractivity contribution >= 4 is 5.82 Å². The largest absolute Gasteiger partial charge is 0.497 e. The molecule has 0 aliphatic carbocycles. The van der Waals surface area contributed by atoms with Gasteiger partial charge in [0.1, 0.15) is 23.8 Å². The maximum absolute atomic E-state index is 10.3. The molecule has 1 atom stereocenters. The number of benzene rings is 2. The summed E-state index contributed by atoms with van der Waals surface area (Å²) in [6.45, 7) is 4.54. The summed E-state index contributed by atoms with van der Waals surface area (Å²) in [7, 11) is 1.62. The minimum atomic E-state index is -0.528. The van der Waals surface area contributed by atoms with Gasteiger partial charge in [0, 0.05) is 4.98 Å². The fourth-order valence-corrected chi connectivity index (χ4v) is 3.03. The topological polar surface area (TPSA) is 132 Å². The quantitative estimate of drug-likeness (QED) is 0.331. The van der Waals surface area contributed by atoms with Crippen LogP contribution in [0.15, 0.2) is 54.7 Å². The second-order valence-electron chi connectivity index (χ2n) is 7.21. The van der Waals surface area contributed by atoms with Gasteiger partial charge in [-0.15, -0.1) is 0 Å². The monoisotopic (exact) mass is 451 g/mol. The number of aromatic nitrogens is 6. The van der Waals surface area contributed by atoms with Crippen molar-refractivity contribution in [2.24, 2.45) is 0 Å². The molecule has 12 nitrogen and oxygen atoms in total. The van der Waals surface area contributed by atoms with Gasteiger partial charge in [-0.3, -0.25) is 4.57 Å². The Bertz CT molecular complexity index is 1210. The molecule has 2 aromatic heterocycles. The van der Waals surface area contributed by atoms with Crippen molar-refractivity contribution in [1.82, 2.24) is 29.8 Å². The Balaban J connectivity index is 0.000000183. The minimum absolute atomic E-state index is 0.0632. The molecule has 0 spiro atoms. The second-order valence-corrected chi connectivity index (χ2v) is 7.21. The molecule has 0 amide bonds. The van der Waals surface area contributed by atoms with Crippen molar-refractivity contribution < 1.29 is 19.1 Å². The molecule has 12 heteroatoms. The summed E-state index contributed by atoms with van der Waals surface area (Å²) >= 11 is 0. The molecule has 1 aliphatic rings. The van der Waals surface area contributed by atoms with Crippen LogP contribution >= 0.6 is 0 Å². The van der Waals surface area contributed by atoms with Gasteiger partial charge < -0.3 is 24.3 Å². The molecule has 3 heterocycles. The molecule has 170 valence electrons. The number of nitro groups is 1. The molecule has 1 aliphatic heterocycles. The molecule has 0 saturated heterocycles. The summed E-state index contributed by atoms with van der Waals surface area (Å²) in [5, 5.41) is 21.8. The van der Waals surface area contributed by atoms with Crippen molar-refractivity contribution in [1.29, 1.82) is 0 Å². The molecule has 0 radical (unpaired) electrons. The van der Waals surface area contributed by atoms with E-state index in [0.29, 0.717) is 24.3 Å². The summed E-state index contributed by atoms with van der Waals surface area (Å²) in [5.41, 5.74) is 1.96. The lowest BCUT2D eigenvalue weighted by atomic mass is 10.2. The van der Waals surface area contributed by atoms with Crippen LogP contribution in [0.1, 0.15) is 12.5 Å². The van der Waals surface area contributed by atoms with E-state index < -0.39 is 4.92 Å². The van der Waals surface area contributed by atoms with E-state index in [1.54, 1.807) is 11.7 Å². The first kappa shape index (κ1) is 21.7. The highest BCUT2D eigenvalue weighted by Gasteiger charge is 2.28. The Morgan fingerprint density at radius 2 is 1.82 bits per heavy atom. The van der Waals surface area contributed by atoms with Crippen LogP contribution in [0.5, 0.6) is 23.5 Å². The number of nitrogens with zero attached hydrogens (tertiary/aromatic N) is 7. The van der Waals surface area contributed by atoms with Gasteiger partial charge in [-0.25, -0.2) is 0 Å². The minimum Gasteiger partial charge on any atom is -0.497 e. The second kappa shape index (κ2) is 9.34. The highest BCUT2D eigenvalue weighted by Crippen LogP contribution is 2.24. The van der Waals surface area contributed by atoms with Crippen LogP contribution < -0.4 is 14.2 Å². The average molecular weight is 451 g/mol. The number of hydrogen-bond acceptors (Lipinski definition) is 9. The van der Waals surface area contributed by atoms with Crippen molar-refractivity contribution in [3.63, 3.8) is 0 Å². The molecule has 1 unspecified atom stereocenters. The fourth-order valence-electron chi connectivity index (χ4n) is 3.03. The van der Waals surface area contributed by atoms with Crippen molar-refractivity contribution in [2.75, 3.05) is 7.11 Å². The van der Waals surface area contributed by atoms with Crippen LogP contribution in [-0.2, 0) is 6.54 Å². The average Bonchev–Trinajstić information content (AvgIpc) is 3.51. The molecule has 2 aromatic carbocycles. The molecule has 0 fully saturated rings. The van der Waals surface area contributed by atoms with Crippen LogP contribution in [0.25, 0.3) is 5.69 Å². The zero-order valence-electron chi connectivity index (χ0n) is 18.2. The Morgan fingerprint density at radius 1 is 1.12 bits per heavy atom. The zero-order valence-corrected chi connectivity index (χ0v) is 18.2. The maximum Gasteiger partial charge on any atom is 0.414 e. The molecule has 0 saturated carbocycles. The third kappa shape index (κ3) is 5.06. The summed E-state index contributed by atoms with van der Waals surface area (Å²) in [4.78, 5) is 13.4. The summed E-state index contributed by atoms with van der Waals surface area (Å²) in [6, 6.07) is 15.7. The number of rotatable bonds is 5. The van der Waals surface area contributed by atoms with Crippen LogP contribution in [0.4, 0.5) is 5.82 Å². The van der Waals surface area contributed by atoms with E-state index >= 15 is 0 Å². The Kier molecular flexibility index (Phi) is 6.15. The lowest BCUT2D eigenvalue weighted by molar-refractivity contribution is -0.389. The smallest absolute Gasteiger partial charge is 0.414 e. The molecule has 4 aromatic rings. The van der Waals surface area contributed by atoms with Crippen LogP contribution in [0.3, 0.4) is 0 Å². The van der Waals surface area contributed by atoms with Gasteiger partial charge in [0.2, 0.25) is 0 Å². The number of fused-ring (bicyclic) bond motifs is 1. The van der Waals surface area contributed by atoms with E-state index in [0.717, 1.165) is 17.0 Å². The van der Waals surface area contributed by atoms with Gasteiger partial charge in [0.15, 0.2) is 0 Å². The van der Waals surface area contributed by atoms with Gasteiger partial charge in [-0.1, -0.05) is 22.8 Å². The third-order valence-electron chi connectivity index (χ3n) is 4.66. The van der Waals surface area contributed by atoms with Crippen molar-refractivity contribution in [2.45, 2.75) is 26.5 Å². The van der Waals surface area contributed by atoms with Gasteiger partial charge in [-0.2, -0.15) is 4.68 Å². The van der Waals surface area contributed by atoms with Gasteiger partial charge in [0.05, 0.1) is 19.3 Å². The van der Waals surface area contributed by atoms with Crippen molar-refractivity contribution in [3.8, 4) is 29.2 Å². The van der Waals surface area contributed by atoms with Crippen LogP contribution in [0.2, 0.25) is 0 Å². The normalized spacial score (nSPS) is 14.0. The predicted molar refractivity (Wildman–Crippen MR) is 116 cm³/mol. The Labute approximate surface area is 188 Å². The number of imidazole rings is 1. The zero-order chi connectivity index (χ0) is 23.4. The molecular weight excluding hydrogens is 430 g/mol. The highest BCUT2D eigenvalue weighted by molar-refractivity contribution is 5.38. The van der Waals surface area contributed by atoms with E-state index in [1.807, 2.05) is 62.4 Å². The lowest BCUT2D eigenvalue weighted by Crippen LogP contribution is -2.08. The first-order chi connectivity index (χ1) is 15.9. The van der Waals surface area contributed by atoms with E-state index in [-0.39, 0.29) is 11.9 Å². The SMILES string of the molecule is CC1Cn2cc([N+](=O)[O-])nc2O1.COc1ccc(-n2nnnc2Oc2ccc(C)cc2)cc1. The molecular formula is C21H21N7O5. The first-order valence-corrected chi connectivity index (χ1v) is 9.98. The van der Waals surface area contributed by atoms with E-state index in [9.17, 15) is 10.1 Å². The lowest BCUT2D eigenvalue weighted by Gasteiger charge is -2.07. The van der Waals surface area contributed by atoms with E-state index in [4.69, 9.17) is 14.2 Å². The molecule has 0 N–H and O–H groups in total. The van der Waals surface area contributed by atoms with E-state index in [2.05, 4.69) is 20.5 Å². The van der Waals surface area contributed by atoms with Crippen LogP contribution in [0, 0.1) is 17.0 Å². The standard InChI is InChI=1S/C15H14N4O2.C6H7N3O3/c1-11-3-7-14(8-4-11)21-15-16-17-18-19(15)12-5-9-13(20-2)10-6-12;1-4-2-8-3-5(9(10)11)7-6(8)12-4/h3-10H,1-2H3;3-4H,2H2,1H3. The van der Waals surface area contributed by atoms with Gasteiger partial charge in [0.25, 0.3) is 0 Å². The summed E-state index contributed by atoms with van der Waals surface area (Å²) in [5.74, 6) is 1.30. The van der Waals surface area contributed by atoms with Crippen molar-refractivity contribution in [3.05, 3.63) is 70.4 Å². The Hall–Kier alpha value is -4.48. The number of hydrogen-bond donors (Lipinski definition) is 0. The molecule has 33 heavy (non-hydrogen) atoms. The van der Waals surface area contributed by atoms with Crippen LogP contribution in [-0.4, -0.2) is 47.9 Å². The Morgan fingerprint density at radius 3 is 2.45 bits per heavy atom. The van der Waals surface area contributed by atoms with E-state index in [1.165, 1.54) is 10.9 Å². The third-order valence-corrected chi connectivity index (χ3v) is 4.66. The number of ether oxygens (including phenoxy) is 3. The molecule has 0 bridgehead atoms. The fraction of sp³-hybridized carbons (Fsp3) is 0.238. The molecule has 5 rings (SSSR count). The summed E-state index contributed by atoms with van der Waals surface area (Å²) < 4.78 is 19.2. The highest BCUT2D eigenvalue weighted by atomic mass is 16.6. The first-order valence-electron chi connectivity index (χ1n) is 9.98. The number of aryl methyl sites for hydroxylation is 1. The predicted octanol–water partition coefficient (Wildman–Crippen LogP) is 3.34. The van der Waals surface area contributed by atoms with Gasteiger partial charge in [-0.05, 0) is 65.6 Å². The number of tetrazole rings is 1.